The highest BCUT2D eigenvalue weighted by Gasteiger charge is 2.19. The van der Waals surface area contributed by atoms with E-state index in [4.69, 9.17) is 11.6 Å². The number of nitrogens with zero attached hydrogens (tertiary/aromatic N) is 1. The fourth-order valence-corrected chi connectivity index (χ4v) is 2.83. The molecule has 0 aliphatic rings. The van der Waals surface area contributed by atoms with Crippen LogP contribution in [0.3, 0.4) is 0 Å². The smallest absolute Gasteiger partial charge is 0.196 e. The Hall–Kier alpha value is -1.65. The van der Waals surface area contributed by atoms with Crippen LogP contribution in [-0.4, -0.2) is 15.8 Å². The highest BCUT2D eigenvalue weighted by atomic mass is 79.9. The van der Waals surface area contributed by atoms with Crippen molar-refractivity contribution in [3.8, 4) is 0 Å². The van der Waals surface area contributed by atoms with E-state index in [1.54, 1.807) is 18.5 Å². The van der Waals surface area contributed by atoms with Gasteiger partial charge in [0, 0.05) is 27.8 Å². The third kappa shape index (κ3) is 2.15. The zero-order valence-electron chi connectivity index (χ0n) is 10.6. The van der Waals surface area contributed by atoms with Crippen molar-refractivity contribution < 1.29 is 4.79 Å². The lowest BCUT2D eigenvalue weighted by Crippen LogP contribution is -2.02. The Balaban J connectivity index is 2.21. The molecule has 20 heavy (non-hydrogen) atoms. The van der Waals surface area contributed by atoms with Crippen LogP contribution in [0, 0.1) is 6.92 Å². The van der Waals surface area contributed by atoms with Gasteiger partial charge in [-0.1, -0.05) is 39.2 Å². The molecule has 0 fully saturated rings. The van der Waals surface area contributed by atoms with Crippen molar-refractivity contribution in [3.05, 3.63) is 62.8 Å². The van der Waals surface area contributed by atoms with Gasteiger partial charge < -0.3 is 4.98 Å². The number of carbonyl (C=O) groups is 1. The molecule has 0 aliphatic heterocycles. The van der Waals surface area contributed by atoms with E-state index >= 15 is 0 Å². The minimum absolute atomic E-state index is 0.0817. The van der Waals surface area contributed by atoms with Gasteiger partial charge in [0.1, 0.15) is 5.65 Å². The molecule has 3 nitrogen and oxygen atoms in total. The number of aryl methyl sites for hydroxylation is 1. The third-order valence-electron chi connectivity index (χ3n) is 3.13. The monoisotopic (exact) mass is 348 g/mol. The van der Waals surface area contributed by atoms with Crippen molar-refractivity contribution in [1.82, 2.24) is 9.97 Å². The van der Waals surface area contributed by atoms with E-state index in [1.165, 1.54) is 0 Å². The van der Waals surface area contributed by atoms with Crippen LogP contribution >= 0.6 is 27.5 Å². The normalized spacial score (nSPS) is 10.9. The molecule has 1 aromatic carbocycles. The zero-order valence-corrected chi connectivity index (χ0v) is 12.9. The van der Waals surface area contributed by atoms with Gasteiger partial charge in [-0.25, -0.2) is 4.98 Å². The third-order valence-corrected chi connectivity index (χ3v) is 4.14. The van der Waals surface area contributed by atoms with Crippen LogP contribution in [0.15, 0.2) is 41.1 Å². The molecule has 3 rings (SSSR count). The van der Waals surface area contributed by atoms with Gasteiger partial charge in [0.15, 0.2) is 5.78 Å². The average molecular weight is 350 g/mol. The fourth-order valence-electron chi connectivity index (χ4n) is 2.15. The molecule has 0 saturated carbocycles. The van der Waals surface area contributed by atoms with Gasteiger partial charge in [0.05, 0.1) is 10.6 Å². The summed E-state index contributed by atoms with van der Waals surface area (Å²) in [6, 6.07) is 7.36. The molecule has 2 heterocycles. The molecule has 100 valence electrons. The van der Waals surface area contributed by atoms with Crippen LogP contribution in [0.25, 0.3) is 11.0 Å². The summed E-state index contributed by atoms with van der Waals surface area (Å²) in [6.45, 7) is 1.95. The van der Waals surface area contributed by atoms with Crippen molar-refractivity contribution in [2.75, 3.05) is 0 Å². The van der Waals surface area contributed by atoms with Crippen LogP contribution in [0.4, 0.5) is 0 Å². The summed E-state index contributed by atoms with van der Waals surface area (Å²) in [5.41, 5.74) is 2.79. The Labute approximate surface area is 129 Å². The minimum Gasteiger partial charge on any atom is -0.345 e. The average Bonchev–Trinajstić information content (AvgIpc) is 2.86. The molecule has 0 bridgehead atoms. The number of fused-ring (bicyclic) bond motifs is 1. The maximum atomic E-state index is 12.7. The first-order chi connectivity index (χ1) is 9.58. The SMILES string of the molecule is Cc1ccc(Br)c(C(=O)c2c[nH]c3nccc(Cl)c23)c1. The molecule has 0 amide bonds. The van der Waals surface area contributed by atoms with E-state index in [0.29, 0.717) is 27.2 Å². The first kappa shape index (κ1) is 13.3. The van der Waals surface area contributed by atoms with Gasteiger partial charge in [-0.3, -0.25) is 4.79 Å². The Kier molecular flexibility index (Phi) is 3.36. The highest BCUT2D eigenvalue weighted by Crippen LogP contribution is 2.29. The first-order valence-corrected chi connectivity index (χ1v) is 7.17. The number of benzene rings is 1. The summed E-state index contributed by atoms with van der Waals surface area (Å²) in [5.74, 6) is -0.0817. The topological polar surface area (TPSA) is 45.8 Å². The predicted molar refractivity (Wildman–Crippen MR) is 83.4 cm³/mol. The summed E-state index contributed by atoms with van der Waals surface area (Å²) in [6.07, 6.45) is 3.26. The van der Waals surface area contributed by atoms with Crippen LogP contribution in [0.1, 0.15) is 21.5 Å². The van der Waals surface area contributed by atoms with Gasteiger partial charge >= 0.3 is 0 Å². The molecule has 3 aromatic rings. The minimum atomic E-state index is -0.0817. The Bertz CT molecular complexity index is 826. The van der Waals surface area contributed by atoms with E-state index in [9.17, 15) is 4.79 Å². The highest BCUT2D eigenvalue weighted by molar-refractivity contribution is 9.10. The molecule has 0 atom stereocenters. The molecule has 0 unspecified atom stereocenters. The van der Waals surface area contributed by atoms with Gasteiger partial charge in [-0.05, 0) is 25.1 Å². The van der Waals surface area contributed by atoms with Gasteiger partial charge in [0.25, 0.3) is 0 Å². The number of ketones is 1. The van der Waals surface area contributed by atoms with E-state index in [2.05, 4.69) is 25.9 Å². The number of pyridine rings is 1. The van der Waals surface area contributed by atoms with E-state index < -0.39 is 0 Å². The van der Waals surface area contributed by atoms with Crippen molar-refractivity contribution in [1.29, 1.82) is 0 Å². The van der Waals surface area contributed by atoms with Crippen molar-refractivity contribution in [2.45, 2.75) is 6.92 Å². The lowest BCUT2D eigenvalue weighted by Gasteiger charge is -2.05. The molecule has 0 aliphatic carbocycles. The number of halogens is 2. The second-order valence-electron chi connectivity index (χ2n) is 4.53. The van der Waals surface area contributed by atoms with Gasteiger partial charge in [-0.15, -0.1) is 0 Å². The lowest BCUT2D eigenvalue weighted by atomic mass is 10.0. The number of rotatable bonds is 2. The maximum Gasteiger partial charge on any atom is 0.196 e. The molecule has 0 saturated heterocycles. The fraction of sp³-hybridized carbons (Fsp3) is 0.0667. The zero-order chi connectivity index (χ0) is 14.3. The maximum absolute atomic E-state index is 12.7. The van der Waals surface area contributed by atoms with Crippen LogP contribution in [-0.2, 0) is 0 Å². The Morgan fingerprint density at radius 3 is 2.90 bits per heavy atom. The molecule has 1 N–H and O–H groups in total. The standard InChI is InChI=1S/C15H10BrClN2O/c1-8-2-3-11(16)9(6-8)14(20)10-7-19-15-13(10)12(17)4-5-18-15/h2-7H,1H3,(H,18,19). The number of hydrogen-bond acceptors (Lipinski definition) is 2. The molecule has 2 aromatic heterocycles. The summed E-state index contributed by atoms with van der Waals surface area (Å²) in [7, 11) is 0. The van der Waals surface area contributed by atoms with Crippen LogP contribution in [0.5, 0.6) is 0 Å². The second-order valence-corrected chi connectivity index (χ2v) is 5.79. The molecule has 0 spiro atoms. The van der Waals surface area contributed by atoms with Crippen LogP contribution in [0.2, 0.25) is 5.02 Å². The number of nitrogens with one attached hydrogen (secondary N) is 1. The first-order valence-electron chi connectivity index (χ1n) is 6.00. The number of aromatic nitrogens is 2. The number of carbonyl (C=O) groups excluding carboxylic acids is 1. The van der Waals surface area contributed by atoms with E-state index in [-0.39, 0.29) is 5.78 Å². The second kappa shape index (κ2) is 5.04. The largest absolute Gasteiger partial charge is 0.345 e. The van der Waals surface area contributed by atoms with Crippen molar-refractivity contribution in [3.63, 3.8) is 0 Å². The quantitative estimate of drug-likeness (QED) is 0.691. The summed E-state index contributed by atoms with van der Waals surface area (Å²) >= 11 is 9.60. The molecular weight excluding hydrogens is 340 g/mol. The molecule has 5 heteroatoms. The summed E-state index contributed by atoms with van der Waals surface area (Å²) < 4.78 is 0.766. The molecule has 0 radical (unpaired) electrons. The Morgan fingerprint density at radius 2 is 2.10 bits per heavy atom. The number of hydrogen-bond donors (Lipinski definition) is 1. The Morgan fingerprint density at radius 1 is 1.30 bits per heavy atom. The lowest BCUT2D eigenvalue weighted by molar-refractivity contribution is 0.103. The number of H-pyrrole nitrogens is 1. The predicted octanol–water partition coefficient (Wildman–Crippen LogP) is 4.52. The summed E-state index contributed by atoms with van der Waals surface area (Å²) in [5, 5.41) is 1.18. The molecular formula is C15H10BrClN2O. The van der Waals surface area contributed by atoms with Crippen LogP contribution < -0.4 is 0 Å². The number of aromatic amines is 1. The summed E-state index contributed by atoms with van der Waals surface area (Å²) in [4.78, 5) is 19.9. The van der Waals surface area contributed by atoms with Gasteiger partial charge in [0.2, 0.25) is 0 Å². The van der Waals surface area contributed by atoms with Crippen molar-refractivity contribution >= 4 is 44.3 Å². The van der Waals surface area contributed by atoms with E-state index in [0.717, 1.165) is 10.0 Å². The van der Waals surface area contributed by atoms with Crippen molar-refractivity contribution in [2.24, 2.45) is 0 Å². The van der Waals surface area contributed by atoms with Gasteiger partial charge in [-0.2, -0.15) is 0 Å². The van der Waals surface area contributed by atoms with E-state index in [1.807, 2.05) is 25.1 Å².